The standard InChI is InChI=1S/C18H26ClNO/c1-11(2)13-9-15(12(3)8-14(13)19)21-17-10-16(20)18(17)6-4-5-7-18/h8-9,11,16-17H,4-7,10,20H2,1-3H3. The Morgan fingerprint density at radius 1 is 1.29 bits per heavy atom. The number of nitrogens with two attached hydrogens (primary N) is 1. The summed E-state index contributed by atoms with van der Waals surface area (Å²) in [5.74, 6) is 1.40. The molecule has 0 aliphatic heterocycles. The van der Waals surface area contributed by atoms with Gasteiger partial charge in [-0.3, -0.25) is 0 Å². The van der Waals surface area contributed by atoms with Crippen molar-refractivity contribution < 1.29 is 4.74 Å². The molecular formula is C18H26ClNO. The van der Waals surface area contributed by atoms with E-state index in [0.717, 1.165) is 22.8 Å². The smallest absolute Gasteiger partial charge is 0.123 e. The topological polar surface area (TPSA) is 35.2 Å². The molecule has 1 spiro atoms. The average molecular weight is 308 g/mol. The monoisotopic (exact) mass is 307 g/mol. The maximum absolute atomic E-state index is 6.40. The highest BCUT2D eigenvalue weighted by Crippen LogP contribution is 2.54. The third kappa shape index (κ3) is 2.47. The van der Waals surface area contributed by atoms with Crippen LogP contribution in [0.5, 0.6) is 5.75 Å². The van der Waals surface area contributed by atoms with Gasteiger partial charge in [0.25, 0.3) is 0 Å². The molecule has 2 fully saturated rings. The van der Waals surface area contributed by atoms with Crippen LogP contribution >= 0.6 is 11.6 Å². The fourth-order valence-corrected chi connectivity index (χ4v) is 4.50. The van der Waals surface area contributed by atoms with E-state index in [1.165, 1.54) is 31.2 Å². The van der Waals surface area contributed by atoms with Gasteiger partial charge in [-0.25, -0.2) is 0 Å². The second-order valence-corrected chi connectivity index (χ2v) is 7.59. The van der Waals surface area contributed by atoms with Crippen molar-refractivity contribution in [3.63, 3.8) is 0 Å². The van der Waals surface area contributed by atoms with Gasteiger partial charge in [-0.1, -0.05) is 38.3 Å². The Hall–Kier alpha value is -0.730. The SMILES string of the molecule is Cc1cc(Cl)c(C(C)C)cc1OC1CC(N)C12CCCC2. The Bertz CT molecular complexity index is 534. The summed E-state index contributed by atoms with van der Waals surface area (Å²) in [4.78, 5) is 0. The van der Waals surface area contributed by atoms with Crippen LogP contribution in [-0.2, 0) is 0 Å². The van der Waals surface area contributed by atoms with Crippen molar-refractivity contribution in [1.29, 1.82) is 0 Å². The Labute approximate surface area is 133 Å². The van der Waals surface area contributed by atoms with Gasteiger partial charge in [0, 0.05) is 22.9 Å². The first-order valence-electron chi connectivity index (χ1n) is 8.16. The van der Waals surface area contributed by atoms with E-state index in [1.54, 1.807) is 0 Å². The second kappa shape index (κ2) is 5.48. The fourth-order valence-electron chi connectivity index (χ4n) is 4.06. The van der Waals surface area contributed by atoms with Gasteiger partial charge in [-0.2, -0.15) is 0 Å². The Morgan fingerprint density at radius 3 is 2.52 bits per heavy atom. The van der Waals surface area contributed by atoms with E-state index in [-0.39, 0.29) is 11.5 Å². The molecule has 2 atom stereocenters. The molecule has 2 nitrogen and oxygen atoms in total. The molecule has 3 rings (SSSR count). The molecular weight excluding hydrogens is 282 g/mol. The van der Waals surface area contributed by atoms with Crippen molar-refractivity contribution in [2.45, 2.75) is 70.9 Å². The van der Waals surface area contributed by atoms with Crippen LogP contribution in [0, 0.1) is 12.3 Å². The van der Waals surface area contributed by atoms with E-state index in [2.05, 4.69) is 26.8 Å². The van der Waals surface area contributed by atoms with E-state index in [0.29, 0.717) is 12.0 Å². The lowest BCUT2D eigenvalue weighted by Crippen LogP contribution is -2.62. The van der Waals surface area contributed by atoms with E-state index in [4.69, 9.17) is 22.1 Å². The molecule has 2 N–H and O–H groups in total. The van der Waals surface area contributed by atoms with Gasteiger partial charge in [0.15, 0.2) is 0 Å². The molecule has 1 aromatic carbocycles. The summed E-state index contributed by atoms with van der Waals surface area (Å²) in [7, 11) is 0. The van der Waals surface area contributed by atoms with E-state index in [1.807, 2.05) is 6.07 Å². The maximum Gasteiger partial charge on any atom is 0.123 e. The Kier molecular flexibility index (Phi) is 3.96. The van der Waals surface area contributed by atoms with Gasteiger partial charge < -0.3 is 10.5 Å². The molecule has 1 aromatic rings. The van der Waals surface area contributed by atoms with Crippen LogP contribution in [0.25, 0.3) is 0 Å². The van der Waals surface area contributed by atoms with Crippen molar-refractivity contribution in [2.24, 2.45) is 11.1 Å². The molecule has 2 saturated carbocycles. The molecule has 0 aromatic heterocycles. The van der Waals surface area contributed by atoms with Crippen LogP contribution in [0.2, 0.25) is 5.02 Å². The highest BCUT2D eigenvalue weighted by atomic mass is 35.5. The zero-order valence-electron chi connectivity index (χ0n) is 13.3. The average Bonchev–Trinajstić information content (AvgIpc) is 2.93. The lowest BCUT2D eigenvalue weighted by molar-refractivity contribution is -0.0623. The number of aryl methyl sites for hydroxylation is 1. The summed E-state index contributed by atoms with van der Waals surface area (Å²) >= 11 is 6.35. The van der Waals surface area contributed by atoms with E-state index >= 15 is 0 Å². The minimum atomic E-state index is 0.240. The van der Waals surface area contributed by atoms with Crippen LogP contribution in [0.1, 0.15) is 63.0 Å². The highest BCUT2D eigenvalue weighted by molar-refractivity contribution is 6.31. The quantitative estimate of drug-likeness (QED) is 0.869. The lowest BCUT2D eigenvalue weighted by Gasteiger charge is -2.52. The minimum Gasteiger partial charge on any atom is -0.489 e. The third-order valence-electron chi connectivity index (χ3n) is 5.57. The van der Waals surface area contributed by atoms with Crippen LogP contribution in [0.4, 0.5) is 0 Å². The Morgan fingerprint density at radius 2 is 1.95 bits per heavy atom. The number of halogens is 1. The van der Waals surface area contributed by atoms with Gasteiger partial charge in [0.2, 0.25) is 0 Å². The maximum atomic E-state index is 6.40. The molecule has 0 radical (unpaired) electrons. The summed E-state index contributed by atoms with van der Waals surface area (Å²) in [6, 6.07) is 4.49. The van der Waals surface area contributed by atoms with Crippen LogP contribution in [0.15, 0.2) is 12.1 Å². The number of hydrogen-bond acceptors (Lipinski definition) is 2. The molecule has 0 saturated heterocycles. The van der Waals surface area contributed by atoms with Crippen LogP contribution in [0.3, 0.4) is 0 Å². The fraction of sp³-hybridized carbons (Fsp3) is 0.667. The van der Waals surface area contributed by atoms with Crippen LogP contribution in [-0.4, -0.2) is 12.1 Å². The normalized spacial score (nSPS) is 27.1. The van der Waals surface area contributed by atoms with Crippen molar-refractivity contribution >= 4 is 11.6 Å². The first-order chi connectivity index (χ1) is 9.94. The van der Waals surface area contributed by atoms with Gasteiger partial charge in [0.1, 0.15) is 11.9 Å². The summed E-state index contributed by atoms with van der Waals surface area (Å²) < 4.78 is 6.40. The first kappa shape index (κ1) is 15.2. The van der Waals surface area contributed by atoms with Crippen molar-refractivity contribution in [3.8, 4) is 5.75 Å². The molecule has 3 heteroatoms. The zero-order chi connectivity index (χ0) is 15.2. The van der Waals surface area contributed by atoms with Gasteiger partial charge in [0.05, 0.1) is 0 Å². The molecule has 2 aliphatic carbocycles. The van der Waals surface area contributed by atoms with Gasteiger partial charge in [-0.15, -0.1) is 0 Å². The molecule has 2 aliphatic rings. The van der Waals surface area contributed by atoms with Crippen molar-refractivity contribution in [1.82, 2.24) is 0 Å². The van der Waals surface area contributed by atoms with Gasteiger partial charge >= 0.3 is 0 Å². The summed E-state index contributed by atoms with van der Waals surface area (Å²) in [5, 5.41) is 0.843. The predicted octanol–water partition coefficient (Wildman–Crippen LogP) is 4.81. The molecule has 116 valence electrons. The molecule has 0 amide bonds. The molecule has 21 heavy (non-hydrogen) atoms. The number of rotatable bonds is 3. The van der Waals surface area contributed by atoms with Crippen molar-refractivity contribution in [2.75, 3.05) is 0 Å². The van der Waals surface area contributed by atoms with E-state index in [9.17, 15) is 0 Å². The van der Waals surface area contributed by atoms with Crippen molar-refractivity contribution in [3.05, 3.63) is 28.3 Å². The molecule has 0 bridgehead atoms. The number of hydrogen-bond donors (Lipinski definition) is 1. The molecule has 0 heterocycles. The third-order valence-corrected chi connectivity index (χ3v) is 5.89. The summed E-state index contributed by atoms with van der Waals surface area (Å²) in [6.45, 7) is 6.40. The number of benzene rings is 1. The minimum absolute atomic E-state index is 0.240. The van der Waals surface area contributed by atoms with Gasteiger partial charge in [-0.05, 0) is 48.9 Å². The first-order valence-corrected chi connectivity index (χ1v) is 8.54. The zero-order valence-corrected chi connectivity index (χ0v) is 14.0. The lowest BCUT2D eigenvalue weighted by atomic mass is 9.61. The number of ether oxygens (including phenoxy) is 1. The highest BCUT2D eigenvalue weighted by Gasteiger charge is 2.56. The van der Waals surface area contributed by atoms with Crippen LogP contribution < -0.4 is 10.5 Å². The van der Waals surface area contributed by atoms with E-state index < -0.39 is 0 Å². The Balaban J connectivity index is 1.84. The largest absolute Gasteiger partial charge is 0.489 e. The molecule has 2 unspecified atom stereocenters. The summed E-state index contributed by atoms with van der Waals surface area (Å²) in [6.07, 6.45) is 6.31. The predicted molar refractivity (Wildman–Crippen MR) is 88.2 cm³/mol. The summed E-state index contributed by atoms with van der Waals surface area (Å²) in [5.41, 5.74) is 8.83. The second-order valence-electron chi connectivity index (χ2n) is 7.18.